The first kappa shape index (κ1) is 13.0. The molecule has 1 aromatic rings. The van der Waals surface area contributed by atoms with Crippen molar-refractivity contribution >= 4 is 0 Å². The van der Waals surface area contributed by atoms with Gasteiger partial charge in [0.15, 0.2) is 0 Å². The summed E-state index contributed by atoms with van der Waals surface area (Å²) in [5.41, 5.74) is 1.25. The van der Waals surface area contributed by atoms with E-state index in [1.54, 1.807) is 14.2 Å². The van der Waals surface area contributed by atoms with Crippen molar-refractivity contribution in [3.05, 3.63) is 29.8 Å². The molecular weight excluding hydrogens is 202 g/mol. The average molecular weight is 223 g/mol. The minimum Gasteiger partial charge on any atom is -0.497 e. The van der Waals surface area contributed by atoms with Gasteiger partial charge < -0.3 is 14.8 Å². The number of methoxy groups -OCH3 is 2. The zero-order valence-corrected chi connectivity index (χ0v) is 10.5. The van der Waals surface area contributed by atoms with Crippen molar-refractivity contribution < 1.29 is 9.47 Å². The second-order valence-electron chi connectivity index (χ2n) is 3.95. The highest BCUT2D eigenvalue weighted by Crippen LogP contribution is 2.17. The van der Waals surface area contributed by atoms with E-state index in [2.05, 4.69) is 24.4 Å². The molecule has 0 amide bonds. The van der Waals surface area contributed by atoms with Crippen LogP contribution < -0.4 is 10.1 Å². The highest BCUT2D eigenvalue weighted by Gasteiger charge is 2.06. The minimum atomic E-state index is 0.237. The van der Waals surface area contributed by atoms with Gasteiger partial charge in [0.25, 0.3) is 0 Å². The Labute approximate surface area is 97.8 Å². The van der Waals surface area contributed by atoms with Crippen molar-refractivity contribution in [2.24, 2.45) is 0 Å². The van der Waals surface area contributed by atoms with Gasteiger partial charge in [-0.15, -0.1) is 0 Å². The second kappa shape index (κ2) is 6.51. The number of ether oxygens (including phenoxy) is 2. The predicted molar refractivity (Wildman–Crippen MR) is 65.9 cm³/mol. The molecule has 1 N–H and O–H groups in total. The van der Waals surface area contributed by atoms with Crippen LogP contribution in [0.2, 0.25) is 0 Å². The Hall–Kier alpha value is -1.06. The molecule has 0 saturated heterocycles. The Bertz CT molecular complexity index is 297. The number of hydrogen-bond acceptors (Lipinski definition) is 3. The first-order chi connectivity index (χ1) is 7.67. The van der Waals surface area contributed by atoms with Crippen LogP contribution in [0.3, 0.4) is 0 Å². The monoisotopic (exact) mass is 223 g/mol. The molecule has 0 aromatic heterocycles. The molecule has 0 aliphatic heterocycles. The fourth-order valence-corrected chi connectivity index (χ4v) is 1.44. The van der Waals surface area contributed by atoms with E-state index in [1.807, 2.05) is 19.1 Å². The zero-order valence-electron chi connectivity index (χ0n) is 10.5. The second-order valence-corrected chi connectivity index (χ2v) is 3.95. The van der Waals surface area contributed by atoms with Gasteiger partial charge in [0.05, 0.1) is 13.2 Å². The van der Waals surface area contributed by atoms with Gasteiger partial charge in [0, 0.05) is 19.7 Å². The molecule has 3 heteroatoms. The van der Waals surface area contributed by atoms with Crippen molar-refractivity contribution in [2.45, 2.75) is 26.0 Å². The lowest BCUT2D eigenvalue weighted by Crippen LogP contribution is -2.28. The van der Waals surface area contributed by atoms with E-state index < -0.39 is 0 Å². The molecule has 0 radical (unpaired) electrons. The summed E-state index contributed by atoms with van der Waals surface area (Å²) in [5.74, 6) is 0.890. The molecule has 16 heavy (non-hydrogen) atoms. The molecule has 2 atom stereocenters. The van der Waals surface area contributed by atoms with Gasteiger partial charge in [-0.25, -0.2) is 0 Å². The topological polar surface area (TPSA) is 30.5 Å². The third-order valence-corrected chi connectivity index (χ3v) is 2.73. The predicted octanol–water partition coefficient (Wildman–Crippen LogP) is 2.38. The van der Waals surface area contributed by atoms with Crippen molar-refractivity contribution in [3.63, 3.8) is 0 Å². The van der Waals surface area contributed by atoms with Gasteiger partial charge in [-0.05, 0) is 31.5 Å². The minimum absolute atomic E-state index is 0.237. The maximum absolute atomic E-state index is 5.19. The van der Waals surface area contributed by atoms with Gasteiger partial charge in [0.1, 0.15) is 5.75 Å². The summed E-state index contributed by atoms with van der Waals surface area (Å²) in [4.78, 5) is 0. The Morgan fingerprint density at radius 2 is 1.75 bits per heavy atom. The summed E-state index contributed by atoms with van der Waals surface area (Å²) in [6.45, 7) is 5.04. The van der Waals surface area contributed by atoms with Crippen LogP contribution in [0.5, 0.6) is 5.75 Å². The number of hydrogen-bond donors (Lipinski definition) is 1. The SMILES string of the molecule is COc1ccc(C(C)NCC(C)OC)cc1. The fourth-order valence-electron chi connectivity index (χ4n) is 1.44. The van der Waals surface area contributed by atoms with Gasteiger partial charge in [-0.3, -0.25) is 0 Å². The third-order valence-electron chi connectivity index (χ3n) is 2.73. The average Bonchev–Trinajstić information content (AvgIpc) is 2.35. The maximum atomic E-state index is 5.19. The molecule has 1 aromatic carbocycles. The maximum Gasteiger partial charge on any atom is 0.118 e. The van der Waals surface area contributed by atoms with Gasteiger partial charge in [-0.2, -0.15) is 0 Å². The van der Waals surface area contributed by atoms with Crippen LogP contribution in [0.1, 0.15) is 25.5 Å². The standard InChI is InChI=1S/C13H21NO2/c1-10(15-3)9-14-11(2)12-5-7-13(16-4)8-6-12/h5-8,10-11,14H,9H2,1-4H3. The van der Waals surface area contributed by atoms with Crippen LogP contribution in [0.25, 0.3) is 0 Å². The normalized spacial score (nSPS) is 14.5. The van der Waals surface area contributed by atoms with Crippen molar-refractivity contribution in [3.8, 4) is 5.75 Å². The number of rotatable bonds is 6. The molecule has 0 aliphatic rings. The van der Waals surface area contributed by atoms with Crippen LogP contribution in [-0.4, -0.2) is 26.9 Å². The molecule has 90 valence electrons. The quantitative estimate of drug-likeness (QED) is 0.803. The van der Waals surface area contributed by atoms with Crippen LogP contribution in [0.15, 0.2) is 24.3 Å². The first-order valence-electron chi connectivity index (χ1n) is 5.57. The Kier molecular flexibility index (Phi) is 5.29. The highest BCUT2D eigenvalue weighted by atomic mass is 16.5. The molecule has 1 rings (SSSR count). The highest BCUT2D eigenvalue weighted by molar-refractivity contribution is 5.28. The van der Waals surface area contributed by atoms with Crippen LogP contribution in [0.4, 0.5) is 0 Å². The van der Waals surface area contributed by atoms with Crippen LogP contribution >= 0.6 is 0 Å². The lowest BCUT2D eigenvalue weighted by molar-refractivity contribution is 0.115. The molecule has 0 heterocycles. The molecule has 0 aliphatic carbocycles. The Morgan fingerprint density at radius 3 is 2.25 bits per heavy atom. The zero-order chi connectivity index (χ0) is 12.0. The van der Waals surface area contributed by atoms with E-state index >= 15 is 0 Å². The van der Waals surface area contributed by atoms with Crippen molar-refractivity contribution in [1.82, 2.24) is 5.32 Å². The molecule has 0 bridgehead atoms. The number of nitrogens with one attached hydrogen (secondary N) is 1. The fraction of sp³-hybridized carbons (Fsp3) is 0.538. The molecule has 0 fully saturated rings. The van der Waals surface area contributed by atoms with Crippen LogP contribution in [0, 0.1) is 0 Å². The summed E-state index contributed by atoms with van der Waals surface area (Å²) in [7, 11) is 3.40. The summed E-state index contributed by atoms with van der Waals surface area (Å²) in [6.07, 6.45) is 0.237. The molecule has 0 saturated carbocycles. The largest absolute Gasteiger partial charge is 0.497 e. The summed E-state index contributed by atoms with van der Waals surface area (Å²) >= 11 is 0. The van der Waals surface area contributed by atoms with E-state index in [9.17, 15) is 0 Å². The van der Waals surface area contributed by atoms with Crippen LogP contribution in [-0.2, 0) is 4.74 Å². The molecular formula is C13H21NO2. The van der Waals surface area contributed by atoms with Gasteiger partial charge in [-0.1, -0.05) is 12.1 Å². The van der Waals surface area contributed by atoms with Gasteiger partial charge >= 0.3 is 0 Å². The molecule has 2 unspecified atom stereocenters. The van der Waals surface area contributed by atoms with E-state index in [-0.39, 0.29) is 6.10 Å². The van der Waals surface area contributed by atoms with E-state index in [0.717, 1.165) is 12.3 Å². The van der Waals surface area contributed by atoms with E-state index in [0.29, 0.717) is 6.04 Å². The summed E-state index contributed by atoms with van der Waals surface area (Å²) in [6, 6.07) is 8.44. The number of benzene rings is 1. The van der Waals surface area contributed by atoms with E-state index in [1.165, 1.54) is 5.56 Å². The first-order valence-corrected chi connectivity index (χ1v) is 5.57. The summed E-state index contributed by atoms with van der Waals surface area (Å²) in [5, 5.41) is 3.42. The van der Waals surface area contributed by atoms with Gasteiger partial charge in [0.2, 0.25) is 0 Å². The Morgan fingerprint density at radius 1 is 1.12 bits per heavy atom. The smallest absolute Gasteiger partial charge is 0.118 e. The lowest BCUT2D eigenvalue weighted by atomic mass is 10.1. The molecule has 0 spiro atoms. The third kappa shape index (κ3) is 3.83. The Balaban J connectivity index is 2.49. The summed E-state index contributed by atoms with van der Waals surface area (Å²) < 4.78 is 10.3. The van der Waals surface area contributed by atoms with E-state index in [4.69, 9.17) is 9.47 Å². The lowest BCUT2D eigenvalue weighted by Gasteiger charge is -2.17. The van der Waals surface area contributed by atoms with Crippen molar-refractivity contribution in [1.29, 1.82) is 0 Å². The van der Waals surface area contributed by atoms with Crippen molar-refractivity contribution in [2.75, 3.05) is 20.8 Å². The molecule has 3 nitrogen and oxygen atoms in total.